The Bertz CT molecular complexity index is 502. The van der Waals surface area contributed by atoms with Crippen LogP contribution in [0.2, 0.25) is 0 Å². The van der Waals surface area contributed by atoms with Gasteiger partial charge in [0.15, 0.2) is 0 Å². The average Bonchev–Trinajstić information content (AvgIpc) is 3.02. The summed E-state index contributed by atoms with van der Waals surface area (Å²) in [7, 11) is 0. The molecule has 2 rings (SSSR count). The SMILES string of the molecule is O=C(/C=C/c1cncc(F)c1)NCCCOCC1CCCO1. The fraction of sp³-hybridized carbons (Fsp3) is 0.500. The molecule has 0 spiro atoms. The lowest BCUT2D eigenvalue weighted by molar-refractivity contribution is -0.116. The van der Waals surface area contributed by atoms with Crippen LogP contribution in [0.1, 0.15) is 24.8 Å². The Balaban J connectivity index is 1.53. The molecule has 0 aliphatic carbocycles. The number of pyridine rings is 1. The lowest BCUT2D eigenvalue weighted by atomic mass is 10.2. The molecule has 0 radical (unpaired) electrons. The normalized spacial score (nSPS) is 18.0. The zero-order valence-corrected chi connectivity index (χ0v) is 12.5. The summed E-state index contributed by atoms with van der Waals surface area (Å²) in [5.74, 6) is -0.644. The molecule has 1 aliphatic rings. The molecular weight excluding hydrogens is 287 g/mol. The van der Waals surface area contributed by atoms with E-state index < -0.39 is 5.82 Å². The van der Waals surface area contributed by atoms with E-state index in [1.165, 1.54) is 24.4 Å². The van der Waals surface area contributed by atoms with Gasteiger partial charge in [0.1, 0.15) is 5.82 Å². The molecule has 6 heteroatoms. The van der Waals surface area contributed by atoms with Crippen LogP contribution in [-0.2, 0) is 14.3 Å². The monoisotopic (exact) mass is 308 g/mol. The molecule has 1 aliphatic heterocycles. The Morgan fingerprint density at radius 2 is 2.45 bits per heavy atom. The van der Waals surface area contributed by atoms with Gasteiger partial charge in [0, 0.05) is 32.0 Å². The molecule has 1 fully saturated rings. The zero-order chi connectivity index (χ0) is 15.6. The van der Waals surface area contributed by atoms with E-state index in [1.54, 1.807) is 0 Å². The van der Waals surface area contributed by atoms with Crippen LogP contribution in [0.25, 0.3) is 6.08 Å². The number of carbonyl (C=O) groups excluding carboxylic acids is 1. The summed E-state index contributed by atoms with van der Waals surface area (Å²) >= 11 is 0. The van der Waals surface area contributed by atoms with Gasteiger partial charge in [-0.2, -0.15) is 0 Å². The highest BCUT2D eigenvalue weighted by Crippen LogP contribution is 2.11. The Kier molecular flexibility index (Phi) is 6.99. The smallest absolute Gasteiger partial charge is 0.244 e. The molecule has 0 aromatic carbocycles. The molecule has 1 saturated heterocycles. The summed E-state index contributed by atoms with van der Waals surface area (Å²) < 4.78 is 23.8. The average molecular weight is 308 g/mol. The van der Waals surface area contributed by atoms with Crippen molar-refractivity contribution in [1.29, 1.82) is 0 Å². The number of carbonyl (C=O) groups is 1. The number of aromatic nitrogens is 1. The van der Waals surface area contributed by atoms with E-state index in [0.29, 0.717) is 25.3 Å². The summed E-state index contributed by atoms with van der Waals surface area (Å²) in [5, 5.41) is 2.74. The first-order chi connectivity index (χ1) is 10.7. The fourth-order valence-electron chi connectivity index (χ4n) is 2.13. The maximum atomic E-state index is 12.9. The van der Waals surface area contributed by atoms with Crippen molar-refractivity contribution >= 4 is 12.0 Å². The van der Waals surface area contributed by atoms with Crippen LogP contribution in [0, 0.1) is 5.82 Å². The molecule has 1 amide bonds. The van der Waals surface area contributed by atoms with Crippen molar-refractivity contribution < 1.29 is 18.7 Å². The number of hydrogen-bond donors (Lipinski definition) is 1. The summed E-state index contributed by atoms with van der Waals surface area (Å²) in [5.41, 5.74) is 0.551. The van der Waals surface area contributed by atoms with Crippen LogP contribution < -0.4 is 5.32 Å². The molecule has 0 saturated carbocycles. The lowest BCUT2D eigenvalue weighted by Crippen LogP contribution is -2.23. The highest BCUT2D eigenvalue weighted by molar-refractivity contribution is 5.91. The van der Waals surface area contributed by atoms with Gasteiger partial charge in [-0.3, -0.25) is 9.78 Å². The second-order valence-electron chi connectivity index (χ2n) is 5.12. The van der Waals surface area contributed by atoms with E-state index in [2.05, 4.69) is 10.3 Å². The predicted octanol–water partition coefficient (Wildman–Crippen LogP) is 1.94. The maximum absolute atomic E-state index is 12.9. The summed E-state index contributed by atoms with van der Waals surface area (Å²) in [6.45, 7) is 2.59. The van der Waals surface area contributed by atoms with E-state index in [4.69, 9.17) is 9.47 Å². The molecule has 1 atom stereocenters. The van der Waals surface area contributed by atoms with Crippen molar-refractivity contribution in [1.82, 2.24) is 10.3 Å². The van der Waals surface area contributed by atoms with Crippen molar-refractivity contribution in [3.05, 3.63) is 35.9 Å². The first kappa shape index (κ1) is 16.6. The van der Waals surface area contributed by atoms with Gasteiger partial charge in [0.25, 0.3) is 0 Å². The molecule has 120 valence electrons. The third kappa shape index (κ3) is 6.32. The second-order valence-corrected chi connectivity index (χ2v) is 5.12. The molecule has 1 unspecified atom stereocenters. The lowest BCUT2D eigenvalue weighted by Gasteiger charge is -2.09. The number of nitrogens with zero attached hydrogens (tertiary/aromatic N) is 1. The zero-order valence-electron chi connectivity index (χ0n) is 12.5. The fourth-order valence-corrected chi connectivity index (χ4v) is 2.13. The topological polar surface area (TPSA) is 60.5 Å². The first-order valence-electron chi connectivity index (χ1n) is 7.50. The van der Waals surface area contributed by atoms with Crippen LogP contribution in [0.15, 0.2) is 24.5 Å². The predicted molar refractivity (Wildman–Crippen MR) is 80.6 cm³/mol. The van der Waals surface area contributed by atoms with Crippen molar-refractivity contribution in [3.63, 3.8) is 0 Å². The highest BCUT2D eigenvalue weighted by atomic mass is 19.1. The second kappa shape index (κ2) is 9.27. The molecular formula is C16H21FN2O3. The van der Waals surface area contributed by atoms with Gasteiger partial charge < -0.3 is 14.8 Å². The molecule has 1 aromatic rings. The van der Waals surface area contributed by atoms with Crippen molar-refractivity contribution in [2.75, 3.05) is 26.4 Å². The van der Waals surface area contributed by atoms with Gasteiger partial charge in [-0.25, -0.2) is 4.39 Å². The van der Waals surface area contributed by atoms with E-state index >= 15 is 0 Å². The van der Waals surface area contributed by atoms with E-state index in [-0.39, 0.29) is 12.0 Å². The van der Waals surface area contributed by atoms with Crippen molar-refractivity contribution in [2.24, 2.45) is 0 Å². The number of nitrogens with one attached hydrogen (secondary N) is 1. The number of halogens is 1. The van der Waals surface area contributed by atoms with Crippen molar-refractivity contribution in [3.8, 4) is 0 Å². The van der Waals surface area contributed by atoms with Crippen LogP contribution >= 0.6 is 0 Å². The number of rotatable bonds is 8. The number of hydrogen-bond acceptors (Lipinski definition) is 4. The van der Waals surface area contributed by atoms with E-state index in [0.717, 1.165) is 32.1 Å². The molecule has 2 heterocycles. The van der Waals surface area contributed by atoms with Gasteiger partial charge in [-0.05, 0) is 37.0 Å². The van der Waals surface area contributed by atoms with Crippen LogP contribution in [-0.4, -0.2) is 43.4 Å². The van der Waals surface area contributed by atoms with Gasteiger partial charge >= 0.3 is 0 Å². The highest BCUT2D eigenvalue weighted by Gasteiger charge is 2.14. The van der Waals surface area contributed by atoms with Gasteiger partial charge in [0.2, 0.25) is 5.91 Å². The molecule has 0 bridgehead atoms. The number of amides is 1. The third-order valence-corrected chi connectivity index (χ3v) is 3.25. The van der Waals surface area contributed by atoms with E-state index in [9.17, 15) is 9.18 Å². The largest absolute Gasteiger partial charge is 0.379 e. The first-order valence-corrected chi connectivity index (χ1v) is 7.50. The van der Waals surface area contributed by atoms with Crippen molar-refractivity contribution in [2.45, 2.75) is 25.4 Å². The van der Waals surface area contributed by atoms with Gasteiger partial charge in [0.05, 0.1) is 18.9 Å². The maximum Gasteiger partial charge on any atom is 0.244 e. The number of ether oxygens (including phenoxy) is 2. The van der Waals surface area contributed by atoms with Crippen LogP contribution in [0.5, 0.6) is 0 Å². The molecule has 5 nitrogen and oxygen atoms in total. The van der Waals surface area contributed by atoms with Crippen LogP contribution in [0.3, 0.4) is 0 Å². The van der Waals surface area contributed by atoms with Crippen LogP contribution in [0.4, 0.5) is 4.39 Å². The summed E-state index contributed by atoms with van der Waals surface area (Å²) in [6, 6.07) is 1.32. The third-order valence-electron chi connectivity index (χ3n) is 3.25. The van der Waals surface area contributed by atoms with Gasteiger partial charge in [-0.15, -0.1) is 0 Å². The molecule has 1 N–H and O–H groups in total. The minimum absolute atomic E-state index is 0.219. The Morgan fingerprint density at radius 1 is 1.55 bits per heavy atom. The minimum atomic E-state index is -0.425. The minimum Gasteiger partial charge on any atom is -0.379 e. The Morgan fingerprint density at radius 3 is 3.23 bits per heavy atom. The quantitative estimate of drug-likeness (QED) is 0.589. The van der Waals surface area contributed by atoms with Gasteiger partial charge in [-0.1, -0.05) is 0 Å². The summed E-state index contributed by atoms with van der Waals surface area (Å²) in [4.78, 5) is 15.3. The standard InChI is InChI=1S/C16H21FN2O3/c17-14-9-13(10-18-11-14)4-5-16(20)19-6-2-7-21-12-15-3-1-8-22-15/h4-5,9-11,15H,1-3,6-8,12H2,(H,19,20)/b5-4+. The van der Waals surface area contributed by atoms with E-state index in [1.807, 2.05) is 0 Å². The molecule has 1 aromatic heterocycles. The Hall–Kier alpha value is -1.79. The summed E-state index contributed by atoms with van der Waals surface area (Å²) in [6.07, 6.45) is 8.65. The Labute approximate surface area is 129 Å². The molecule has 22 heavy (non-hydrogen) atoms.